The molecular weight excluding hydrogens is 268 g/mol. The molecule has 0 bridgehead atoms. The number of methoxy groups -OCH3 is 2. The highest BCUT2D eigenvalue weighted by Gasteiger charge is 2.05. The number of carbonyl (C=O) groups excluding carboxylic acids is 1. The molecule has 3 N–H and O–H groups in total. The second kappa shape index (κ2) is 9.47. The molecule has 6 heteroatoms. The summed E-state index contributed by atoms with van der Waals surface area (Å²) in [5, 5.41) is 2.81. The lowest BCUT2D eigenvalue weighted by Gasteiger charge is -2.10. The predicted molar refractivity (Wildman–Crippen MR) is 77.2 cm³/mol. The van der Waals surface area contributed by atoms with Crippen molar-refractivity contribution in [3.8, 4) is 11.5 Å². The Kier molecular flexibility index (Phi) is 8.74. The van der Waals surface area contributed by atoms with Gasteiger partial charge in [-0.3, -0.25) is 4.79 Å². The Morgan fingerprint density at radius 1 is 1.26 bits per heavy atom. The summed E-state index contributed by atoms with van der Waals surface area (Å²) in [6.07, 6.45) is 1.11. The number of rotatable bonds is 7. The number of hydrogen-bond donors (Lipinski definition) is 2. The number of halogens is 1. The molecule has 5 nitrogen and oxygen atoms in total. The maximum absolute atomic E-state index is 11.2. The standard InChI is InChI=1S/C13H20N2O3.ClH/c1-17-11-4-3-10(9-12(11)18-2)6-8-15-13(16)5-7-14;/h3-4,9H,5-8,14H2,1-2H3,(H,15,16);1H. The van der Waals surface area contributed by atoms with E-state index in [9.17, 15) is 4.79 Å². The second-order valence-corrected chi connectivity index (χ2v) is 3.83. The first kappa shape index (κ1) is 17.5. The van der Waals surface area contributed by atoms with Crippen molar-refractivity contribution in [2.45, 2.75) is 12.8 Å². The van der Waals surface area contributed by atoms with Crippen molar-refractivity contribution in [1.29, 1.82) is 0 Å². The van der Waals surface area contributed by atoms with Crippen molar-refractivity contribution in [3.05, 3.63) is 23.8 Å². The molecule has 1 rings (SSSR count). The zero-order valence-corrected chi connectivity index (χ0v) is 12.1. The van der Waals surface area contributed by atoms with E-state index in [2.05, 4.69) is 5.32 Å². The van der Waals surface area contributed by atoms with E-state index in [1.807, 2.05) is 18.2 Å². The van der Waals surface area contributed by atoms with Crippen LogP contribution in [0.3, 0.4) is 0 Å². The zero-order valence-electron chi connectivity index (χ0n) is 11.3. The third-order valence-corrected chi connectivity index (χ3v) is 2.56. The highest BCUT2D eigenvalue weighted by Crippen LogP contribution is 2.27. The van der Waals surface area contributed by atoms with Gasteiger partial charge < -0.3 is 20.5 Å². The third kappa shape index (κ3) is 5.81. The molecule has 0 atom stereocenters. The number of benzene rings is 1. The second-order valence-electron chi connectivity index (χ2n) is 3.83. The van der Waals surface area contributed by atoms with E-state index in [1.165, 1.54) is 0 Å². The molecule has 19 heavy (non-hydrogen) atoms. The molecule has 0 saturated heterocycles. The fourth-order valence-electron chi connectivity index (χ4n) is 1.60. The van der Waals surface area contributed by atoms with E-state index in [1.54, 1.807) is 14.2 Å². The molecule has 0 aliphatic rings. The smallest absolute Gasteiger partial charge is 0.221 e. The van der Waals surface area contributed by atoms with Gasteiger partial charge in [0.05, 0.1) is 14.2 Å². The van der Waals surface area contributed by atoms with Crippen LogP contribution in [0, 0.1) is 0 Å². The van der Waals surface area contributed by atoms with E-state index in [4.69, 9.17) is 15.2 Å². The van der Waals surface area contributed by atoms with Crippen molar-refractivity contribution in [2.24, 2.45) is 5.73 Å². The van der Waals surface area contributed by atoms with Gasteiger partial charge in [-0.15, -0.1) is 12.4 Å². The van der Waals surface area contributed by atoms with Crippen LogP contribution >= 0.6 is 12.4 Å². The topological polar surface area (TPSA) is 73.6 Å². The minimum atomic E-state index is -0.0158. The zero-order chi connectivity index (χ0) is 13.4. The van der Waals surface area contributed by atoms with Gasteiger partial charge >= 0.3 is 0 Å². The van der Waals surface area contributed by atoms with Gasteiger partial charge in [0, 0.05) is 19.5 Å². The van der Waals surface area contributed by atoms with Crippen LogP contribution in [-0.2, 0) is 11.2 Å². The maximum atomic E-state index is 11.2. The molecule has 0 aliphatic carbocycles. The first-order valence-electron chi connectivity index (χ1n) is 5.89. The summed E-state index contributed by atoms with van der Waals surface area (Å²) in [5.74, 6) is 1.38. The van der Waals surface area contributed by atoms with Crippen LogP contribution in [0.1, 0.15) is 12.0 Å². The average Bonchev–Trinajstić information content (AvgIpc) is 2.38. The molecule has 1 amide bonds. The van der Waals surface area contributed by atoms with Crippen molar-refractivity contribution in [2.75, 3.05) is 27.3 Å². The first-order valence-corrected chi connectivity index (χ1v) is 5.89. The lowest BCUT2D eigenvalue weighted by molar-refractivity contribution is -0.120. The molecular formula is C13H21ClN2O3. The van der Waals surface area contributed by atoms with Crippen molar-refractivity contribution in [3.63, 3.8) is 0 Å². The summed E-state index contributed by atoms with van der Waals surface area (Å²) in [7, 11) is 3.20. The summed E-state index contributed by atoms with van der Waals surface area (Å²) in [6.45, 7) is 0.969. The Morgan fingerprint density at radius 2 is 1.95 bits per heavy atom. The first-order chi connectivity index (χ1) is 8.71. The van der Waals surface area contributed by atoms with Crippen LogP contribution in [0.15, 0.2) is 18.2 Å². The minimum absolute atomic E-state index is 0. The summed E-state index contributed by atoms with van der Waals surface area (Å²) in [5.41, 5.74) is 6.37. The van der Waals surface area contributed by atoms with Gasteiger partial charge in [0.25, 0.3) is 0 Å². The Bertz CT molecular complexity index is 399. The molecule has 0 aromatic heterocycles. The van der Waals surface area contributed by atoms with Gasteiger partial charge in [-0.25, -0.2) is 0 Å². The van der Waals surface area contributed by atoms with Gasteiger partial charge in [-0.2, -0.15) is 0 Å². The van der Waals surface area contributed by atoms with Crippen LogP contribution in [0.4, 0.5) is 0 Å². The molecule has 0 saturated carbocycles. The fraction of sp³-hybridized carbons (Fsp3) is 0.462. The van der Waals surface area contributed by atoms with Crippen LogP contribution in [0.5, 0.6) is 11.5 Å². The number of amides is 1. The number of ether oxygens (including phenoxy) is 2. The van der Waals surface area contributed by atoms with Gasteiger partial charge in [-0.1, -0.05) is 6.07 Å². The third-order valence-electron chi connectivity index (χ3n) is 2.56. The van der Waals surface area contributed by atoms with Gasteiger partial charge in [0.15, 0.2) is 11.5 Å². The molecule has 0 fully saturated rings. The molecule has 0 heterocycles. The largest absolute Gasteiger partial charge is 0.493 e. The lowest BCUT2D eigenvalue weighted by atomic mass is 10.1. The molecule has 1 aromatic carbocycles. The molecule has 1 aromatic rings. The van der Waals surface area contributed by atoms with Gasteiger partial charge in [0.1, 0.15) is 0 Å². The number of hydrogen-bond acceptors (Lipinski definition) is 4. The highest BCUT2D eigenvalue weighted by molar-refractivity contribution is 5.85. The molecule has 0 aliphatic heterocycles. The normalized spacial score (nSPS) is 9.42. The van der Waals surface area contributed by atoms with Crippen molar-refractivity contribution < 1.29 is 14.3 Å². The fourth-order valence-corrected chi connectivity index (χ4v) is 1.60. The van der Waals surface area contributed by atoms with Gasteiger partial charge in [0.2, 0.25) is 5.91 Å². The monoisotopic (exact) mass is 288 g/mol. The van der Waals surface area contributed by atoms with Crippen LogP contribution in [0.25, 0.3) is 0 Å². The molecule has 0 unspecified atom stereocenters. The summed E-state index contributed by atoms with van der Waals surface area (Å²) < 4.78 is 10.4. The van der Waals surface area contributed by atoms with Crippen LogP contribution < -0.4 is 20.5 Å². The summed E-state index contributed by atoms with van der Waals surface area (Å²) >= 11 is 0. The van der Waals surface area contributed by atoms with E-state index in [-0.39, 0.29) is 18.3 Å². The van der Waals surface area contributed by atoms with Crippen molar-refractivity contribution >= 4 is 18.3 Å². The average molecular weight is 289 g/mol. The Labute approximate surface area is 119 Å². The van der Waals surface area contributed by atoms with E-state index >= 15 is 0 Å². The van der Waals surface area contributed by atoms with E-state index < -0.39 is 0 Å². The van der Waals surface area contributed by atoms with Gasteiger partial charge in [-0.05, 0) is 24.1 Å². The Hall–Kier alpha value is -1.46. The molecule has 0 radical (unpaired) electrons. The SMILES string of the molecule is COc1ccc(CCNC(=O)CCN)cc1OC.Cl. The predicted octanol–water partition coefficient (Wildman–Crippen LogP) is 1.13. The molecule has 108 valence electrons. The van der Waals surface area contributed by atoms with Crippen LogP contribution in [-0.4, -0.2) is 33.2 Å². The van der Waals surface area contributed by atoms with E-state index in [0.29, 0.717) is 31.0 Å². The highest BCUT2D eigenvalue weighted by atomic mass is 35.5. The Morgan fingerprint density at radius 3 is 2.53 bits per heavy atom. The maximum Gasteiger partial charge on any atom is 0.221 e. The number of carbonyl (C=O) groups is 1. The quantitative estimate of drug-likeness (QED) is 0.789. The summed E-state index contributed by atoms with van der Waals surface area (Å²) in [4.78, 5) is 11.2. The number of nitrogens with two attached hydrogens (primary N) is 1. The molecule has 0 spiro atoms. The minimum Gasteiger partial charge on any atom is -0.493 e. The lowest BCUT2D eigenvalue weighted by Crippen LogP contribution is -2.27. The Balaban J connectivity index is 0.00000324. The number of nitrogens with one attached hydrogen (secondary N) is 1. The van der Waals surface area contributed by atoms with E-state index in [0.717, 1.165) is 12.0 Å². The van der Waals surface area contributed by atoms with Crippen molar-refractivity contribution in [1.82, 2.24) is 5.32 Å². The van der Waals surface area contributed by atoms with Crippen LogP contribution in [0.2, 0.25) is 0 Å². The summed E-state index contributed by atoms with van der Waals surface area (Å²) in [6, 6.07) is 5.72.